The second-order valence-corrected chi connectivity index (χ2v) is 6.10. The van der Waals surface area contributed by atoms with Crippen LogP contribution in [0.4, 0.5) is 17.1 Å². The second-order valence-electron chi connectivity index (χ2n) is 4.63. The number of hydrogen-bond acceptors (Lipinski definition) is 7. The number of thioether (sulfide) groups is 1. The van der Waals surface area contributed by atoms with Gasteiger partial charge in [0.05, 0.1) is 15.9 Å². The minimum absolute atomic E-state index is 0.00671. The highest BCUT2D eigenvalue weighted by Crippen LogP contribution is 2.36. The number of amides is 1. The van der Waals surface area contributed by atoms with Gasteiger partial charge in [0.25, 0.3) is 11.4 Å². The number of nitrogens with zero attached hydrogens (tertiary/aromatic N) is 3. The molecule has 9 nitrogen and oxygen atoms in total. The first kappa shape index (κ1) is 15.9. The zero-order valence-electron chi connectivity index (χ0n) is 11.4. The highest BCUT2D eigenvalue weighted by Gasteiger charge is 2.35. The van der Waals surface area contributed by atoms with E-state index in [-0.39, 0.29) is 34.9 Å². The Balaban J connectivity index is 2.36. The van der Waals surface area contributed by atoms with Gasteiger partial charge in [0.2, 0.25) is 5.91 Å². The predicted octanol–water partition coefficient (Wildman–Crippen LogP) is 1.89. The van der Waals surface area contributed by atoms with Gasteiger partial charge in [0.15, 0.2) is 5.12 Å². The Labute approximate surface area is 128 Å². The Morgan fingerprint density at radius 2 is 2.00 bits per heavy atom. The first-order valence-electron chi connectivity index (χ1n) is 6.20. The van der Waals surface area contributed by atoms with E-state index in [9.17, 15) is 29.8 Å². The second kappa shape index (κ2) is 6.10. The molecule has 1 atom stereocenters. The van der Waals surface area contributed by atoms with Gasteiger partial charge >= 0.3 is 0 Å². The molecule has 1 aromatic rings. The fourth-order valence-electron chi connectivity index (χ4n) is 2.22. The zero-order chi connectivity index (χ0) is 16.4. The van der Waals surface area contributed by atoms with Gasteiger partial charge in [-0.25, -0.2) is 0 Å². The summed E-state index contributed by atoms with van der Waals surface area (Å²) in [6, 6.07) is 3.13. The Morgan fingerprint density at radius 3 is 2.55 bits per heavy atom. The van der Waals surface area contributed by atoms with Gasteiger partial charge in [-0.2, -0.15) is 0 Å². The summed E-state index contributed by atoms with van der Waals surface area (Å²) in [6.45, 7) is 1.54. The van der Waals surface area contributed by atoms with Crippen molar-refractivity contribution in [3.8, 4) is 0 Å². The van der Waals surface area contributed by atoms with E-state index in [0.29, 0.717) is 0 Å². The number of anilines is 1. The molecule has 0 aliphatic carbocycles. The predicted molar refractivity (Wildman–Crippen MR) is 78.8 cm³/mol. The standard InChI is InChI=1S/C12H11N3O6S/c1-7(16)22-9-5-12(17)13(6-9)10-3-2-8(14(18)19)4-11(10)15(20)21/h2-4,9H,5-6H2,1H3. The summed E-state index contributed by atoms with van der Waals surface area (Å²) in [5.74, 6) is -0.351. The Kier molecular flexibility index (Phi) is 4.40. The molecular formula is C12H11N3O6S. The molecular weight excluding hydrogens is 314 g/mol. The third kappa shape index (κ3) is 3.22. The first-order chi connectivity index (χ1) is 10.3. The van der Waals surface area contributed by atoms with Crippen molar-refractivity contribution in [2.45, 2.75) is 18.6 Å². The Morgan fingerprint density at radius 1 is 1.32 bits per heavy atom. The minimum atomic E-state index is -0.763. The average Bonchev–Trinajstić information content (AvgIpc) is 2.77. The molecule has 2 rings (SSSR count). The maximum atomic E-state index is 12.0. The maximum absolute atomic E-state index is 12.0. The number of hydrogen-bond donors (Lipinski definition) is 0. The van der Waals surface area contributed by atoms with Crippen LogP contribution in [0, 0.1) is 20.2 Å². The number of rotatable bonds is 4. The van der Waals surface area contributed by atoms with Gasteiger partial charge in [0, 0.05) is 31.2 Å². The lowest BCUT2D eigenvalue weighted by Gasteiger charge is -2.16. The minimum Gasteiger partial charge on any atom is -0.305 e. The van der Waals surface area contributed by atoms with Gasteiger partial charge in [-0.05, 0) is 6.07 Å². The van der Waals surface area contributed by atoms with E-state index >= 15 is 0 Å². The molecule has 116 valence electrons. The van der Waals surface area contributed by atoms with Crippen molar-refractivity contribution in [1.82, 2.24) is 0 Å². The quantitative estimate of drug-likeness (QED) is 0.611. The molecule has 1 unspecified atom stereocenters. The van der Waals surface area contributed by atoms with E-state index in [1.165, 1.54) is 17.9 Å². The van der Waals surface area contributed by atoms with Gasteiger partial charge in [0.1, 0.15) is 5.69 Å². The number of non-ortho nitro benzene ring substituents is 1. The van der Waals surface area contributed by atoms with E-state index in [1.807, 2.05) is 0 Å². The van der Waals surface area contributed by atoms with Gasteiger partial charge in [-0.3, -0.25) is 29.8 Å². The van der Waals surface area contributed by atoms with Crippen LogP contribution in [-0.4, -0.2) is 32.7 Å². The normalized spacial score (nSPS) is 17.6. The van der Waals surface area contributed by atoms with E-state index in [0.717, 1.165) is 23.9 Å². The number of carbonyl (C=O) groups excluding carboxylic acids is 2. The molecule has 0 N–H and O–H groups in total. The number of nitro benzene ring substituents is 2. The molecule has 22 heavy (non-hydrogen) atoms. The first-order valence-corrected chi connectivity index (χ1v) is 7.08. The topological polar surface area (TPSA) is 124 Å². The Bertz CT molecular complexity index is 677. The summed E-state index contributed by atoms with van der Waals surface area (Å²) in [6.07, 6.45) is 0.0956. The molecule has 1 aliphatic rings. The molecule has 1 aromatic carbocycles. The molecule has 1 fully saturated rings. The number of benzene rings is 1. The van der Waals surface area contributed by atoms with Crippen molar-refractivity contribution < 1.29 is 19.4 Å². The summed E-state index contributed by atoms with van der Waals surface area (Å²) in [5, 5.41) is 21.4. The smallest absolute Gasteiger partial charge is 0.299 e. The van der Waals surface area contributed by atoms with Crippen LogP contribution in [0.1, 0.15) is 13.3 Å². The summed E-state index contributed by atoms with van der Waals surface area (Å²) in [4.78, 5) is 44.6. The summed E-state index contributed by atoms with van der Waals surface area (Å²) >= 11 is 1.01. The maximum Gasteiger partial charge on any atom is 0.299 e. The van der Waals surface area contributed by atoms with Crippen molar-refractivity contribution in [3.63, 3.8) is 0 Å². The van der Waals surface area contributed by atoms with Crippen molar-refractivity contribution in [2.75, 3.05) is 11.4 Å². The molecule has 0 radical (unpaired) electrons. The van der Waals surface area contributed by atoms with Crippen LogP contribution in [0.2, 0.25) is 0 Å². The molecule has 0 bridgehead atoms. The molecule has 1 heterocycles. The fourth-order valence-corrected chi connectivity index (χ4v) is 3.14. The van der Waals surface area contributed by atoms with E-state index in [4.69, 9.17) is 0 Å². The van der Waals surface area contributed by atoms with Crippen LogP contribution in [0.15, 0.2) is 18.2 Å². The molecule has 1 aliphatic heterocycles. The molecule has 0 aromatic heterocycles. The average molecular weight is 325 g/mol. The van der Waals surface area contributed by atoms with Crippen LogP contribution in [0.5, 0.6) is 0 Å². The van der Waals surface area contributed by atoms with Gasteiger partial charge < -0.3 is 4.90 Å². The van der Waals surface area contributed by atoms with Crippen LogP contribution < -0.4 is 4.90 Å². The lowest BCUT2D eigenvalue weighted by Crippen LogP contribution is -2.25. The van der Waals surface area contributed by atoms with Crippen molar-refractivity contribution >= 4 is 39.8 Å². The van der Waals surface area contributed by atoms with Gasteiger partial charge in [-0.15, -0.1) is 0 Å². The van der Waals surface area contributed by atoms with E-state index in [1.54, 1.807) is 0 Å². The lowest BCUT2D eigenvalue weighted by atomic mass is 10.2. The summed E-state index contributed by atoms with van der Waals surface area (Å²) < 4.78 is 0. The molecule has 1 saturated heterocycles. The summed E-state index contributed by atoms with van der Waals surface area (Å²) in [5.41, 5.74) is -0.917. The monoisotopic (exact) mass is 325 g/mol. The number of carbonyl (C=O) groups is 2. The molecule has 1 amide bonds. The zero-order valence-corrected chi connectivity index (χ0v) is 12.2. The molecule has 10 heteroatoms. The van der Waals surface area contributed by atoms with Crippen LogP contribution in [-0.2, 0) is 9.59 Å². The largest absolute Gasteiger partial charge is 0.305 e. The van der Waals surface area contributed by atoms with E-state index < -0.39 is 21.2 Å². The molecule has 0 saturated carbocycles. The third-order valence-corrected chi connectivity index (χ3v) is 4.06. The highest BCUT2D eigenvalue weighted by atomic mass is 32.2. The van der Waals surface area contributed by atoms with Gasteiger partial charge in [-0.1, -0.05) is 11.8 Å². The lowest BCUT2D eigenvalue weighted by molar-refractivity contribution is -0.393. The SMILES string of the molecule is CC(=O)SC1CC(=O)N(c2ccc([N+](=O)[O-])cc2[N+](=O)[O-])C1. The van der Waals surface area contributed by atoms with Crippen molar-refractivity contribution in [3.05, 3.63) is 38.4 Å². The Hall–Kier alpha value is -2.49. The van der Waals surface area contributed by atoms with Crippen molar-refractivity contribution in [1.29, 1.82) is 0 Å². The summed E-state index contributed by atoms with van der Waals surface area (Å²) in [7, 11) is 0. The number of nitro groups is 2. The van der Waals surface area contributed by atoms with Crippen LogP contribution in [0.25, 0.3) is 0 Å². The van der Waals surface area contributed by atoms with Crippen LogP contribution >= 0.6 is 11.8 Å². The fraction of sp³-hybridized carbons (Fsp3) is 0.333. The van der Waals surface area contributed by atoms with Crippen LogP contribution in [0.3, 0.4) is 0 Å². The third-order valence-electron chi connectivity index (χ3n) is 3.08. The molecule has 0 spiro atoms. The van der Waals surface area contributed by atoms with E-state index in [2.05, 4.69) is 0 Å². The van der Waals surface area contributed by atoms with Crippen molar-refractivity contribution in [2.24, 2.45) is 0 Å². The highest BCUT2D eigenvalue weighted by molar-refractivity contribution is 8.14.